The van der Waals surface area contributed by atoms with Crippen LogP contribution in [0.1, 0.15) is 5.56 Å². The zero-order chi connectivity index (χ0) is 22.0. The molecule has 7 nitrogen and oxygen atoms in total. The molecule has 1 aliphatic rings. The summed E-state index contributed by atoms with van der Waals surface area (Å²) in [5.74, 6) is 0.341. The molecule has 0 aliphatic carbocycles. The maximum absolute atomic E-state index is 6.50. The highest BCUT2D eigenvalue weighted by molar-refractivity contribution is 6.35. The Balaban J connectivity index is 1.30. The van der Waals surface area contributed by atoms with Crippen LogP contribution < -0.4 is 4.74 Å². The molecular formula is C23H19Cl2N3O4. The maximum Gasteiger partial charge on any atom is 0.215 e. The molecule has 0 spiro atoms. The average molecular weight is 472 g/mol. The van der Waals surface area contributed by atoms with E-state index in [0.717, 1.165) is 5.56 Å². The van der Waals surface area contributed by atoms with Gasteiger partial charge in [-0.05, 0) is 36.4 Å². The zero-order valence-corrected chi connectivity index (χ0v) is 18.4. The number of hydrogen-bond donors (Lipinski definition) is 0. The molecule has 0 N–H and O–H groups in total. The average Bonchev–Trinajstić information content (AvgIpc) is 3.56. The molecule has 0 bridgehead atoms. The molecule has 0 unspecified atom stereocenters. The van der Waals surface area contributed by atoms with E-state index < -0.39 is 5.79 Å². The zero-order valence-electron chi connectivity index (χ0n) is 16.9. The van der Waals surface area contributed by atoms with Crippen LogP contribution in [0.3, 0.4) is 0 Å². The number of oxazole rings is 1. The molecule has 9 heteroatoms. The highest BCUT2D eigenvalue weighted by atomic mass is 35.5. The lowest BCUT2D eigenvalue weighted by atomic mass is 10.1. The summed E-state index contributed by atoms with van der Waals surface area (Å²) in [6, 6.07) is 12.9. The Morgan fingerprint density at radius 2 is 2.00 bits per heavy atom. The molecule has 4 aromatic rings. The molecule has 3 heterocycles. The van der Waals surface area contributed by atoms with Gasteiger partial charge in [-0.25, -0.2) is 9.97 Å². The van der Waals surface area contributed by atoms with E-state index in [-0.39, 0.29) is 6.10 Å². The van der Waals surface area contributed by atoms with Crippen LogP contribution in [0.5, 0.6) is 5.75 Å². The Labute approximate surface area is 194 Å². The van der Waals surface area contributed by atoms with Crippen molar-refractivity contribution in [2.75, 3.05) is 13.2 Å². The summed E-state index contributed by atoms with van der Waals surface area (Å²) in [7, 11) is 0. The Morgan fingerprint density at radius 1 is 1.12 bits per heavy atom. The minimum Gasteiger partial charge on any atom is -0.491 e. The number of halogens is 2. The van der Waals surface area contributed by atoms with Crippen LogP contribution in [0, 0.1) is 0 Å². The number of imidazole rings is 1. The Kier molecular flexibility index (Phi) is 5.89. The molecule has 0 amide bonds. The van der Waals surface area contributed by atoms with Crippen molar-refractivity contribution in [2.45, 2.75) is 18.4 Å². The molecule has 2 atom stereocenters. The molecule has 0 radical (unpaired) electrons. The van der Waals surface area contributed by atoms with Crippen molar-refractivity contribution in [3.05, 3.63) is 89.4 Å². The molecule has 1 aliphatic heterocycles. The van der Waals surface area contributed by atoms with Crippen LogP contribution in [0.15, 0.2) is 78.2 Å². The molecular weight excluding hydrogens is 453 g/mol. The quantitative estimate of drug-likeness (QED) is 0.369. The number of ether oxygens (including phenoxy) is 3. The molecule has 1 fully saturated rings. The fourth-order valence-electron chi connectivity index (χ4n) is 3.64. The Bertz CT molecular complexity index is 1170. The van der Waals surface area contributed by atoms with Gasteiger partial charge in [-0.15, -0.1) is 0 Å². The van der Waals surface area contributed by atoms with Gasteiger partial charge in [-0.2, -0.15) is 0 Å². The van der Waals surface area contributed by atoms with Gasteiger partial charge in [0, 0.05) is 28.5 Å². The van der Waals surface area contributed by atoms with Gasteiger partial charge in [0.1, 0.15) is 18.5 Å². The second kappa shape index (κ2) is 8.96. The highest BCUT2D eigenvalue weighted by Crippen LogP contribution is 2.40. The van der Waals surface area contributed by atoms with Gasteiger partial charge in [0.25, 0.3) is 0 Å². The fraction of sp³-hybridized carbons (Fsp3) is 0.217. The monoisotopic (exact) mass is 471 g/mol. The summed E-state index contributed by atoms with van der Waals surface area (Å²) in [5, 5.41) is 1.02. The lowest BCUT2D eigenvalue weighted by Crippen LogP contribution is -2.34. The first-order valence-electron chi connectivity index (χ1n) is 9.96. The van der Waals surface area contributed by atoms with Gasteiger partial charge >= 0.3 is 0 Å². The summed E-state index contributed by atoms with van der Waals surface area (Å²) in [5.41, 5.74) is 1.63. The van der Waals surface area contributed by atoms with Crippen molar-refractivity contribution < 1.29 is 18.6 Å². The molecule has 1 saturated heterocycles. The van der Waals surface area contributed by atoms with Crippen LogP contribution >= 0.6 is 23.2 Å². The Hall–Kier alpha value is -2.84. The number of aromatic nitrogens is 3. The van der Waals surface area contributed by atoms with Crippen molar-refractivity contribution >= 4 is 23.2 Å². The number of hydrogen-bond acceptors (Lipinski definition) is 6. The predicted octanol–water partition coefficient (Wildman–Crippen LogP) is 5.19. The van der Waals surface area contributed by atoms with Crippen LogP contribution in [0.25, 0.3) is 11.3 Å². The first-order chi connectivity index (χ1) is 15.6. The SMILES string of the molecule is Clc1ccc([C@]2(Cn3ccnc3)OC[C@@H](COc3ccc(-c4cnco4)cc3)O2)c(Cl)c1. The van der Waals surface area contributed by atoms with E-state index in [4.69, 9.17) is 41.8 Å². The summed E-state index contributed by atoms with van der Waals surface area (Å²) in [6.07, 6.45) is 8.03. The molecule has 164 valence electrons. The minimum atomic E-state index is -1.08. The van der Waals surface area contributed by atoms with Crippen LogP contribution in [-0.4, -0.2) is 33.9 Å². The van der Waals surface area contributed by atoms with Gasteiger partial charge in [0.05, 0.1) is 30.7 Å². The molecule has 2 aromatic heterocycles. The fourth-order valence-corrected chi connectivity index (χ4v) is 4.19. The summed E-state index contributed by atoms with van der Waals surface area (Å²) in [4.78, 5) is 8.04. The Morgan fingerprint density at radius 3 is 2.72 bits per heavy atom. The smallest absolute Gasteiger partial charge is 0.215 e. The van der Waals surface area contributed by atoms with E-state index >= 15 is 0 Å². The molecule has 5 rings (SSSR count). The van der Waals surface area contributed by atoms with E-state index in [9.17, 15) is 0 Å². The van der Waals surface area contributed by atoms with Gasteiger partial charge in [0.2, 0.25) is 5.79 Å². The van der Waals surface area contributed by atoms with E-state index in [1.807, 2.05) is 41.1 Å². The largest absolute Gasteiger partial charge is 0.491 e. The van der Waals surface area contributed by atoms with Crippen molar-refractivity contribution in [1.29, 1.82) is 0 Å². The summed E-state index contributed by atoms with van der Waals surface area (Å²) < 4.78 is 25.7. The van der Waals surface area contributed by atoms with Crippen molar-refractivity contribution in [3.8, 4) is 17.1 Å². The normalized spacial score (nSPS) is 20.5. The topological polar surface area (TPSA) is 71.5 Å². The van der Waals surface area contributed by atoms with Gasteiger partial charge < -0.3 is 23.2 Å². The lowest BCUT2D eigenvalue weighted by molar-refractivity contribution is -0.189. The third-order valence-electron chi connectivity index (χ3n) is 5.16. The van der Waals surface area contributed by atoms with Crippen molar-refractivity contribution in [3.63, 3.8) is 0 Å². The third-order valence-corrected chi connectivity index (χ3v) is 5.71. The number of rotatable bonds is 7. The van der Waals surface area contributed by atoms with Gasteiger partial charge in [-0.3, -0.25) is 0 Å². The minimum absolute atomic E-state index is 0.292. The molecule has 2 aromatic carbocycles. The van der Waals surface area contributed by atoms with E-state index in [1.54, 1.807) is 30.9 Å². The standard InChI is InChI=1S/C23H19Cl2N3O4/c24-17-3-6-20(21(25)9-17)23(13-28-8-7-26-14-28)31-12-19(32-23)11-29-18-4-1-16(2-5-18)22-10-27-15-30-22/h1-10,14-15,19H,11-13H2/t19-,23-/m1/s1. The van der Waals surface area contributed by atoms with Crippen LogP contribution in [0.2, 0.25) is 10.0 Å². The van der Waals surface area contributed by atoms with Crippen molar-refractivity contribution in [1.82, 2.24) is 14.5 Å². The van der Waals surface area contributed by atoms with Crippen LogP contribution in [0.4, 0.5) is 0 Å². The number of benzene rings is 2. The van der Waals surface area contributed by atoms with E-state index in [0.29, 0.717) is 46.9 Å². The molecule has 32 heavy (non-hydrogen) atoms. The number of nitrogens with zero attached hydrogens (tertiary/aromatic N) is 3. The predicted molar refractivity (Wildman–Crippen MR) is 119 cm³/mol. The molecule has 0 saturated carbocycles. The van der Waals surface area contributed by atoms with Crippen LogP contribution in [-0.2, 0) is 21.8 Å². The second-order valence-corrected chi connectivity index (χ2v) is 8.21. The summed E-state index contributed by atoms with van der Waals surface area (Å²) in [6.45, 7) is 1.05. The maximum atomic E-state index is 6.50. The van der Waals surface area contributed by atoms with Gasteiger partial charge in [-0.1, -0.05) is 29.3 Å². The third kappa shape index (κ3) is 4.38. The summed E-state index contributed by atoms with van der Waals surface area (Å²) >= 11 is 12.6. The van der Waals surface area contributed by atoms with E-state index in [1.165, 1.54) is 6.39 Å². The first-order valence-corrected chi connectivity index (χ1v) is 10.7. The van der Waals surface area contributed by atoms with Crippen molar-refractivity contribution in [2.24, 2.45) is 0 Å². The second-order valence-electron chi connectivity index (χ2n) is 7.36. The lowest BCUT2D eigenvalue weighted by Gasteiger charge is -2.30. The van der Waals surface area contributed by atoms with E-state index in [2.05, 4.69) is 9.97 Å². The first kappa shape index (κ1) is 21.0. The van der Waals surface area contributed by atoms with Gasteiger partial charge in [0.15, 0.2) is 12.2 Å². The highest BCUT2D eigenvalue weighted by Gasteiger charge is 2.45.